The van der Waals surface area contributed by atoms with Gasteiger partial charge in [-0.3, -0.25) is 4.90 Å². The van der Waals surface area contributed by atoms with Gasteiger partial charge in [0.05, 0.1) is 0 Å². The molecule has 2 atom stereocenters. The van der Waals surface area contributed by atoms with E-state index in [0.717, 1.165) is 29.8 Å². The third-order valence-electron chi connectivity index (χ3n) is 6.39. The summed E-state index contributed by atoms with van der Waals surface area (Å²) in [4.78, 5) is 2.99. The molecule has 2 unspecified atom stereocenters. The van der Waals surface area contributed by atoms with Gasteiger partial charge in [-0.15, -0.1) is 0 Å². The average molecular weight is 276 g/mol. The Kier molecular flexibility index (Phi) is 4.05. The first-order valence-electron chi connectivity index (χ1n) is 9.36. The van der Waals surface area contributed by atoms with Gasteiger partial charge in [-0.1, -0.05) is 12.8 Å². The maximum Gasteiger partial charge on any atom is 0.0101 e. The molecule has 1 heterocycles. The third-order valence-corrected chi connectivity index (χ3v) is 6.39. The van der Waals surface area contributed by atoms with Gasteiger partial charge >= 0.3 is 0 Å². The van der Waals surface area contributed by atoms with Crippen molar-refractivity contribution in [2.45, 2.75) is 76.3 Å². The molecule has 3 aliphatic carbocycles. The predicted octanol–water partition coefficient (Wildman–Crippen LogP) is 3.42. The highest BCUT2D eigenvalue weighted by atomic mass is 15.2. The predicted molar refractivity (Wildman–Crippen MR) is 83.8 cm³/mol. The van der Waals surface area contributed by atoms with Crippen molar-refractivity contribution in [1.29, 1.82) is 0 Å². The SMILES string of the molecule is C1CC(C2CC2)CC(N(CC2CCNCC2)C2CC2)C1. The van der Waals surface area contributed by atoms with Crippen molar-refractivity contribution in [3.63, 3.8) is 0 Å². The maximum atomic E-state index is 3.52. The minimum absolute atomic E-state index is 0.955. The molecule has 20 heavy (non-hydrogen) atoms. The van der Waals surface area contributed by atoms with Crippen LogP contribution in [0.1, 0.15) is 64.2 Å². The summed E-state index contributed by atoms with van der Waals surface area (Å²) in [5.41, 5.74) is 0. The summed E-state index contributed by atoms with van der Waals surface area (Å²) < 4.78 is 0. The number of hydrogen-bond donors (Lipinski definition) is 1. The Balaban J connectivity index is 1.36. The summed E-state index contributed by atoms with van der Waals surface area (Å²) in [7, 11) is 0. The fourth-order valence-corrected chi connectivity index (χ4v) is 4.86. The Bertz CT molecular complexity index is 315. The Hall–Kier alpha value is -0.0800. The van der Waals surface area contributed by atoms with Crippen molar-refractivity contribution in [3.05, 3.63) is 0 Å². The quantitative estimate of drug-likeness (QED) is 0.828. The van der Waals surface area contributed by atoms with E-state index in [1.165, 1.54) is 58.2 Å². The minimum atomic E-state index is 0.955. The van der Waals surface area contributed by atoms with E-state index in [1.807, 2.05) is 0 Å². The van der Waals surface area contributed by atoms with E-state index >= 15 is 0 Å². The van der Waals surface area contributed by atoms with Crippen LogP contribution in [0.25, 0.3) is 0 Å². The molecule has 0 spiro atoms. The number of nitrogens with one attached hydrogen (secondary N) is 1. The molecule has 3 saturated carbocycles. The summed E-state index contributed by atoms with van der Waals surface area (Å²) >= 11 is 0. The van der Waals surface area contributed by atoms with Crippen molar-refractivity contribution in [1.82, 2.24) is 10.2 Å². The van der Waals surface area contributed by atoms with Crippen LogP contribution in [-0.4, -0.2) is 36.6 Å². The van der Waals surface area contributed by atoms with Crippen LogP contribution in [0.2, 0.25) is 0 Å². The van der Waals surface area contributed by atoms with Gasteiger partial charge in [-0.2, -0.15) is 0 Å². The van der Waals surface area contributed by atoms with Crippen LogP contribution in [0.3, 0.4) is 0 Å². The summed E-state index contributed by atoms with van der Waals surface area (Å²) in [6.45, 7) is 3.95. The van der Waals surface area contributed by atoms with Gasteiger partial charge in [-0.25, -0.2) is 0 Å². The monoisotopic (exact) mass is 276 g/mol. The van der Waals surface area contributed by atoms with E-state index in [2.05, 4.69) is 10.2 Å². The second kappa shape index (κ2) is 5.96. The molecular weight excluding hydrogens is 244 g/mol. The van der Waals surface area contributed by atoms with Crippen LogP contribution in [0, 0.1) is 17.8 Å². The molecule has 0 radical (unpaired) electrons. The Morgan fingerprint density at radius 1 is 0.750 bits per heavy atom. The minimum Gasteiger partial charge on any atom is -0.317 e. The highest BCUT2D eigenvalue weighted by Crippen LogP contribution is 2.46. The van der Waals surface area contributed by atoms with Crippen molar-refractivity contribution < 1.29 is 0 Å². The molecule has 4 fully saturated rings. The summed E-state index contributed by atoms with van der Waals surface area (Å²) in [5, 5.41) is 3.52. The lowest BCUT2D eigenvalue weighted by atomic mass is 9.81. The summed E-state index contributed by atoms with van der Waals surface area (Å²) in [6, 6.07) is 1.93. The second-order valence-electron chi connectivity index (χ2n) is 8.04. The van der Waals surface area contributed by atoms with Crippen LogP contribution >= 0.6 is 0 Å². The first-order chi connectivity index (χ1) is 9.90. The highest BCUT2D eigenvalue weighted by molar-refractivity contribution is 4.95. The molecule has 0 aromatic carbocycles. The smallest absolute Gasteiger partial charge is 0.0101 e. The fourth-order valence-electron chi connectivity index (χ4n) is 4.86. The zero-order valence-electron chi connectivity index (χ0n) is 13.0. The van der Waals surface area contributed by atoms with E-state index in [-0.39, 0.29) is 0 Å². The fraction of sp³-hybridized carbons (Fsp3) is 1.00. The molecule has 1 N–H and O–H groups in total. The van der Waals surface area contributed by atoms with Crippen molar-refractivity contribution >= 4 is 0 Å². The maximum absolute atomic E-state index is 3.52. The van der Waals surface area contributed by atoms with Gasteiger partial charge in [0.1, 0.15) is 0 Å². The van der Waals surface area contributed by atoms with Crippen LogP contribution in [0.5, 0.6) is 0 Å². The van der Waals surface area contributed by atoms with E-state index < -0.39 is 0 Å². The lowest BCUT2D eigenvalue weighted by Crippen LogP contribution is -2.45. The van der Waals surface area contributed by atoms with Gasteiger partial charge in [0.15, 0.2) is 0 Å². The van der Waals surface area contributed by atoms with Crippen LogP contribution in [0.15, 0.2) is 0 Å². The topological polar surface area (TPSA) is 15.3 Å². The number of piperidine rings is 1. The zero-order valence-corrected chi connectivity index (χ0v) is 13.0. The van der Waals surface area contributed by atoms with Gasteiger partial charge in [0, 0.05) is 18.6 Å². The van der Waals surface area contributed by atoms with E-state index in [9.17, 15) is 0 Å². The molecule has 0 amide bonds. The first kappa shape index (κ1) is 13.6. The van der Waals surface area contributed by atoms with Gasteiger partial charge in [0.2, 0.25) is 0 Å². The molecule has 2 nitrogen and oxygen atoms in total. The van der Waals surface area contributed by atoms with E-state index in [1.54, 1.807) is 25.7 Å². The molecule has 4 rings (SSSR count). The molecular formula is C18H32N2. The number of hydrogen-bond acceptors (Lipinski definition) is 2. The van der Waals surface area contributed by atoms with Gasteiger partial charge in [-0.05, 0) is 82.2 Å². The van der Waals surface area contributed by atoms with Gasteiger partial charge in [0.25, 0.3) is 0 Å². The Morgan fingerprint density at radius 3 is 2.25 bits per heavy atom. The molecule has 0 aromatic rings. The van der Waals surface area contributed by atoms with Crippen molar-refractivity contribution in [2.75, 3.05) is 19.6 Å². The summed E-state index contributed by atoms with van der Waals surface area (Å²) in [6.07, 6.45) is 15.0. The molecule has 1 saturated heterocycles. The van der Waals surface area contributed by atoms with Crippen molar-refractivity contribution in [3.8, 4) is 0 Å². The first-order valence-corrected chi connectivity index (χ1v) is 9.36. The lowest BCUT2D eigenvalue weighted by Gasteiger charge is -2.40. The van der Waals surface area contributed by atoms with Crippen LogP contribution < -0.4 is 5.32 Å². The largest absolute Gasteiger partial charge is 0.317 e. The summed E-state index contributed by atoms with van der Waals surface area (Å²) in [5.74, 6) is 3.22. The van der Waals surface area contributed by atoms with Gasteiger partial charge < -0.3 is 5.32 Å². The molecule has 114 valence electrons. The van der Waals surface area contributed by atoms with E-state index in [4.69, 9.17) is 0 Å². The normalized spacial score (nSPS) is 36.5. The Morgan fingerprint density at radius 2 is 1.55 bits per heavy atom. The number of rotatable bonds is 5. The molecule has 0 bridgehead atoms. The highest BCUT2D eigenvalue weighted by Gasteiger charge is 2.40. The molecule has 2 heteroatoms. The van der Waals surface area contributed by atoms with Crippen LogP contribution in [-0.2, 0) is 0 Å². The second-order valence-corrected chi connectivity index (χ2v) is 8.04. The van der Waals surface area contributed by atoms with E-state index in [0.29, 0.717) is 0 Å². The Labute approximate surface area is 124 Å². The zero-order chi connectivity index (χ0) is 13.4. The standard InChI is InChI=1S/C18H32N2/c1-2-16(15-4-5-15)12-18(3-1)20(17-6-7-17)13-14-8-10-19-11-9-14/h14-19H,1-13H2. The van der Waals surface area contributed by atoms with Crippen LogP contribution in [0.4, 0.5) is 0 Å². The number of nitrogens with zero attached hydrogens (tertiary/aromatic N) is 1. The molecule has 0 aromatic heterocycles. The average Bonchev–Trinajstić information content (AvgIpc) is 3.39. The van der Waals surface area contributed by atoms with Crippen molar-refractivity contribution in [2.24, 2.45) is 17.8 Å². The third kappa shape index (κ3) is 3.22. The molecule has 4 aliphatic rings. The lowest BCUT2D eigenvalue weighted by molar-refractivity contribution is 0.0910. The molecule has 1 aliphatic heterocycles.